The van der Waals surface area contributed by atoms with Crippen LogP contribution in [0.2, 0.25) is 0 Å². The smallest absolute Gasteiger partial charge is 0.138 e. The van der Waals surface area contributed by atoms with Gasteiger partial charge < -0.3 is 10.5 Å². The van der Waals surface area contributed by atoms with E-state index >= 15 is 0 Å². The molecular weight excluding hydrogens is 316 g/mol. The largest absolute Gasteiger partial charge is 0.484 e. The normalized spacial score (nSPS) is 13.3. The lowest BCUT2D eigenvalue weighted by Gasteiger charge is -2.23. The van der Waals surface area contributed by atoms with Gasteiger partial charge in [-0.15, -0.1) is 0 Å². The highest BCUT2D eigenvalue weighted by atomic mass is 79.9. The van der Waals surface area contributed by atoms with Crippen LogP contribution in [0.3, 0.4) is 0 Å². The molecule has 0 radical (unpaired) electrons. The highest BCUT2D eigenvalue weighted by molar-refractivity contribution is 9.10. The molecule has 2 aromatic carbocycles. The number of hydrogen-bond donors (Lipinski definition) is 1. The molecule has 3 nitrogen and oxygen atoms in total. The predicted molar refractivity (Wildman–Crippen MR) is 82.3 cm³/mol. The van der Waals surface area contributed by atoms with Crippen LogP contribution in [0, 0.1) is 11.3 Å². The summed E-state index contributed by atoms with van der Waals surface area (Å²) in [6, 6.07) is 16.9. The Morgan fingerprint density at radius 2 is 1.90 bits per heavy atom. The number of halogens is 1. The molecule has 2 unspecified atom stereocenters. The lowest BCUT2D eigenvalue weighted by atomic mass is 10.0. The van der Waals surface area contributed by atoms with Crippen LogP contribution in [0.4, 0.5) is 0 Å². The number of ether oxygens (including phenoxy) is 1. The first-order valence-electron chi connectivity index (χ1n) is 6.28. The van der Waals surface area contributed by atoms with Crippen molar-refractivity contribution in [3.8, 4) is 11.8 Å². The van der Waals surface area contributed by atoms with Crippen molar-refractivity contribution in [3.63, 3.8) is 0 Å². The van der Waals surface area contributed by atoms with Crippen molar-refractivity contribution < 1.29 is 4.74 Å². The first-order chi connectivity index (χ1) is 9.60. The molecule has 0 bridgehead atoms. The van der Waals surface area contributed by atoms with E-state index in [1.54, 1.807) is 18.2 Å². The first kappa shape index (κ1) is 14.6. The summed E-state index contributed by atoms with van der Waals surface area (Å²) in [6.45, 7) is 1.90. The maximum absolute atomic E-state index is 8.92. The fourth-order valence-electron chi connectivity index (χ4n) is 1.92. The maximum Gasteiger partial charge on any atom is 0.138 e. The zero-order valence-corrected chi connectivity index (χ0v) is 12.7. The molecule has 2 N–H and O–H groups in total. The zero-order valence-electron chi connectivity index (χ0n) is 11.1. The van der Waals surface area contributed by atoms with Gasteiger partial charge in [-0.2, -0.15) is 5.26 Å². The molecule has 0 amide bonds. The number of nitrogens with two attached hydrogens (primary N) is 1. The minimum absolute atomic E-state index is 0.165. The van der Waals surface area contributed by atoms with E-state index in [0.29, 0.717) is 11.3 Å². The van der Waals surface area contributed by atoms with Gasteiger partial charge in [0.05, 0.1) is 11.6 Å². The van der Waals surface area contributed by atoms with Gasteiger partial charge in [0.1, 0.15) is 11.9 Å². The van der Waals surface area contributed by atoms with Gasteiger partial charge in [0.15, 0.2) is 0 Å². The highest BCUT2D eigenvalue weighted by Crippen LogP contribution is 2.26. The Hall–Kier alpha value is -1.83. The number of nitrogens with zero attached hydrogens (tertiary/aromatic N) is 1. The van der Waals surface area contributed by atoms with Crippen LogP contribution in [-0.2, 0) is 0 Å². The zero-order chi connectivity index (χ0) is 14.5. The van der Waals surface area contributed by atoms with Crippen LogP contribution in [0.25, 0.3) is 0 Å². The van der Waals surface area contributed by atoms with Gasteiger partial charge in [-0.25, -0.2) is 0 Å². The lowest BCUT2D eigenvalue weighted by molar-refractivity contribution is 0.180. The second-order valence-electron chi connectivity index (χ2n) is 4.59. The van der Waals surface area contributed by atoms with Crippen molar-refractivity contribution in [2.24, 2.45) is 5.73 Å². The molecule has 0 spiro atoms. The molecular formula is C16H15BrN2O. The van der Waals surface area contributed by atoms with Gasteiger partial charge in [0.25, 0.3) is 0 Å². The molecule has 2 atom stereocenters. The fourth-order valence-corrected chi connectivity index (χ4v) is 2.18. The van der Waals surface area contributed by atoms with E-state index in [9.17, 15) is 0 Å². The summed E-state index contributed by atoms with van der Waals surface area (Å²) < 4.78 is 6.96. The average molecular weight is 331 g/mol. The summed E-state index contributed by atoms with van der Waals surface area (Å²) in [4.78, 5) is 0. The van der Waals surface area contributed by atoms with Crippen molar-refractivity contribution in [1.82, 2.24) is 0 Å². The summed E-state index contributed by atoms with van der Waals surface area (Å²) in [5, 5.41) is 8.92. The molecule has 0 aromatic heterocycles. The molecule has 0 saturated carbocycles. The third-order valence-corrected chi connectivity index (χ3v) is 3.43. The molecule has 0 aliphatic heterocycles. The third-order valence-electron chi connectivity index (χ3n) is 2.90. The van der Waals surface area contributed by atoms with Crippen molar-refractivity contribution in [2.75, 3.05) is 0 Å². The van der Waals surface area contributed by atoms with Crippen molar-refractivity contribution in [1.29, 1.82) is 5.26 Å². The van der Waals surface area contributed by atoms with Gasteiger partial charge in [0, 0.05) is 10.5 Å². The summed E-state index contributed by atoms with van der Waals surface area (Å²) in [5.74, 6) is 0.647. The van der Waals surface area contributed by atoms with Gasteiger partial charge in [-0.05, 0) is 42.8 Å². The summed E-state index contributed by atoms with van der Waals surface area (Å²) in [7, 11) is 0. The van der Waals surface area contributed by atoms with E-state index in [4.69, 9.17) is 15.7 Å². The molecule has 2 aromatic rings. The summed E-state index contributed by atoms with van der Waals surface area (Å²) in [6.07, 6.45) is -0.253. The van der Waals surface area contributed by atoms with Crippen LogP contribution >= 0.6 is 15.9 Å². The Morgan fingerprint density at radius 1 is 1.20 bits per heavy atom. The Balaban J connectivity index is 2.26. The van der Waals surface area contributed by atoms with Crippen LogP contribution in [0.15, 0.2) is 53.0 Å². The van der Waals surface area contributed by atoms with Crippen LogP contribution in [0.5, 0.6) is 5.75 Å². The molecule has 4 heteroatoms. The quantitative estimate of drug-likeness (QED) is 0.927. The molecule has 0 saturated heterocycles. The molecule has 0 aliphatic carbocycles. The van der Waals surface area contributed by atoms with Gasteiger partial charge in [0.2, 0.25) is 0 Å². The fraction of sp³-hybridized carbons (Fsp3) is 0.188. The first-order valence-corrected chi connectivity index (χ1v) is 7.07. The average Bonchev–Trinajstić information content (AvgIpc) is 2.46. The van der Waals surface area contributed by atoms with E-state index in [0.717, 1.165) is 10.0 Å². The molecule has 20 heavy (non-hydrogen) atoms. The molecule has 0 fully saturated rings. The molecule has 0 heterocycles. The number of nitriles is 1. The Bertz CT molecular complexity index is 617. The van der Waals surface area contributed by atoms with E-state index in [1.165, 1.54) is 0 Å². The van der Waals surface area contributed by atoms with Crippen molar-refractivity contribution in [3.05, 3.63) is 64.1 Å². The van der Waals surface area contributed by atoms with Crippen LogP contribution in [-0.4, -0.2) is 6.04 Å². The topological polar surface area (TPSA) is 59.0 Å². The van der Waals surface area contributed by atoms with Crippen LogP contribution in [0.1, 0.15) is 24.2 Å². The second-order valence-corrected chi connectivity index (χ2v) is 5.50. The van der Waals surface area contributed by atoms with Crippen LogP contribution < -0.4 is 10.5 Å². The van der Waals surface area contributed by atoms with Gasteiger partial charge in [-0.3, -0.25) is 0 Å². The summed E-state index contributed by atoms with van der Waals surface area (Å²) >= 11 is 3.41. The predicted octanol–water partition coefficient (Wildman–Crippen LogP) is 3.79. The number of rotatable bonds is 4. The molecule has 2 rings (SSSR count). The van der Waals surface area contributed by atoms with E-state index in [1.807, 2.05) is 37.3 Å². The Morgan fingerprint density at radius 3 is 2.50 bits per heavy atom. The lowest BCUT2D eigenvalue weighted by Crippen LogP contribution is -2.29. The standard InChI is InChI=1S/C16H15BrN2O/c1-11(19)16(13-5-7-14(17)8-6-13)20-15-4-2-3-12(9-15)10-18/h2-9,11,16H,19H2,1H3. The maximum atomic E-state index is 8.92. The third kappa shape index (κ3) is 3.60. The highest BCUT2D eigenvalue weighted by Gasteiger charge is 2.18. The monoisotopic (exact) mass is 330 g/mol. The molecule has 0 aliphatic rings. The number of benzene rings is 2. The van der Waals surface area contributed by atoms with E-state index in [-0.39, 0.29) is 12.1 Å². The van der Waals surface area contributed by atoms with Gasteiger partial charge in [-0.1, -0.05) is 34.1 Å². The van der Waals surface area contributed by atoms with Gasteiger partial charge >= 0.3 is 0 Å². The Labute approximate surface area is 127 Å². The van der Waals surface area contributed by atoms with E-state index < -0.39 is 0 Å². The van der Waals surface area contributed by atoms with Crippen molar-refractivity contribution in [2.45, 2.75) is 19.1 Å². The number of hydrogen-bond acceptors (Lipinski definition) is 3. The SMILES string of the molecule is CC(N)C(Oc1cccc(C#N)c1)c1ccc(Br)cc1. The summed E-state index contributed by atoms with van der Waals surface area (Å²) in [5.41, 5.74) is 7.60. The van der Waals surface area contributed by atoms with E-state index in [2.05, 4.69) is 22.0 Å². The second kappa shape index (κ2) is 6.56. The minimum Gasteiger partial charge on any atom is -0.484 e. The Kier molecular flexibility index (Phi) is 4.78. The van der Waals surface area contributed by atoms with Crippen molar-refractivity contribution >= 4 is 15.9 Å². The minimum atomic E-state index is -0.253. The molecule has 102 valence electrons.